The molecular weight excluding hydrogens is 878 g/mol. The molecule has 62 heavy (non-hydrogen) atoms. The molecule has 0 aliphatic carbocycles. The van der Waals surface area contributed by atoms with E-state index in [-0.39, 0.29) is 62.3 Å². The molecule has 1 aromatic heterocycles. The number of nitrogens with one attached hydrogen (secondary N) is 1. The van der Waals surface area contributed by atoms with Crippen molar-refractivity contribution in [3.8, 4) is 0 Å². The molecule has 3 aliphatic rings. The molecule has 0 unspecified atom stereocenters. The van der Waals surface area contributed by atoms with E-state index in [0.717, 1.165) is 65.4 Å². The predicted octanol–water partition coefficient (Wildman–Crippen LogP) is 9.24. The number of nitrogens with zero attached hydrogens (tertiary/aromatic N) is 3. The van der Waals surface area contributed by atoms with Gasteiger partial charge in [0.15, 0.2) is 10.2 Å². The van der Waals surface area contributed by atoms with Gasteiger partial charge in [-0.05, 0) is 67.7 Å². The summed E-state index contributed by atoms with van der Waals surface area (Å²) in [4.78, 5) is 73.7. The number of amides is 3. The highest BCUT2D eigenvalue weighted by molar-refractivity contribution is 8.13. The lowest BCUT2D eigenvalue weighted by Gasteiger charge is -2.36. The van der Waals surface area contributed by atoms with Crippen LogP contribution in [0, 0.1) is 6.57 Å². The highest BCUT2D eigenvalue weighted by Gasteiger charge is 2.55. The largest absolute Gasteiger partial charge is 0.404 e. The molecule has 3 aromatic rings. The Kier molecular flexibility index (Phi) is 16.8. The van der Waals surface area contributed by atoms with E-state index in [1.54, 1.807) is 9.80 Å². The Morgan fingerprint density at radius 2 is 1.58 bits per heavy atom. The molecule has 0 spiro atoms. The van der Waals surface area contributed by atoms with E-state index in [9.17, 15) is 28.5 Å². The first-order valence-corrected chi connectivity index (χ1v) is 25.6. The molecule has 3 aliphatic heterocycles. The van der Waals surface area contributed by atoms with Crippen LogP contribution in [0.15, 0.2) is 54.6 Å². The van der Waals surface area contributed by atoms with Crippen molar-refractivity contribution in [2.75, 3.05) is 37.8 Å². The summed E-state index contributed by atoms with van der Waals surface area (Å²) in [6, 6.07) is 12.6. The van der Waals surface area contributed by atoms with Crippen LogP contribution in [-0.2, 0) is 38.5 Å². The quantitative estimate of drug-likeness (QED) is 0.0745. The van der Waals surface area contributed by atoms with E-state index >= 15 is 8.78 Å². The maximum atomic E-state index is 16.3. The summed E-state index contributed by atoms with van der Waals surface area (Å²) in [7, 11) is -5.22. The van der Waals surface area contributed by atoms with Crippen molar-refractivity contribution < 1.29 is 46.4 Å². The van der Waals surface area contributed by atoms with E-state index in [4.69, 9.17) is 15.6 Å². The van der Waals surface area contributed by atoms with Gasteiger partial charge in [0.25, 0.3) is 5.91 Å². The average molecular weight is 931 g/mol. The van der Waals surface area contributed by atoms with Crippen LogP contribution in [0.3, 0.4) is 0 Å². The Morgan fingerprint density at radius 1 is 0.919 bits per heavy atom. The number of thiophene rings is 1. The smallest absolute Gasteiger partial charge is 0.340 e. The molecular formula is C44H53F2N4O8PS3. The fourth-order valence-corrected chi connectivity index (χ4v) is 12.5. The van der Waals surface area contributed by atoms with Crippen molar-refractivity contribution in [1.82, 2.24) is 15.1 Å². The first-order chi connectivity index (χ1) is 29.8. The number of halogens is 2. The van der Waals surface area contributed by atoms with Gasteiger partial charge in [-0.1, -0.05) is 86.6 Å². The lowest BCUT2D eigenvalue weighted by Crippen LogP contribution is -2.56. The molecule has 3 amide bonds. The minimum atomic E-state index is -5.22. The SMILES string of the molecule is [C-]#[N+][C@H]1CN(C(=O)[C@@H]2CC[C@@H]3CCCC[C@H](NC(=O)c4cc5cc(C(F)(F)P(=O)(OCCSC(=O)CCC)OCCSC(=O)CCC)ccc5s4)C(=O)N32)C[C@@H]1c1ccccc1. The number of likely N-dealkylation sites (tertiary alicyclic amines) is 1. The van der Waals surface area contributed by atoms with Crippen LogP contribution in [0.25, 0.3) is 14.9 Å². The summed E-state index contributed by atoms with van der Waals surface area (Å²) >= 11 is 2.85. The third-order valence-corrected chi connectivity index (χ3v) is 16.4. The number of benzene rings is 2. The zero-order chi connectivity index (χ0) is 44.4. The molecule has 0 saturated carbocycles. The van der Waals surface area contributed by atoms with E-state index < -0.39 is 56.1 Å². The fourth-order valence-electron chi connectivity index (χ4n) is 8.35. The normalized spacial score (nSPS) is 21.9. The number of carbonyl (C=O) groups is 5. The minimum absolute atomic E-state index is 0.00969. The van der Waals surface area contributed by atoms with E-state index in [1.165, 1.54) is 12.1 Å². The van der Waals surface area contributed by atoms with E-state index in [2.05, 4.69) is 10.2 Å². The molecule has 3 saturated heterocycles. The number of carbonyl (C=O) groups excluding carboxylic acids is 5. The summed E-state index contributed by atoms with van der Waals surface area (Å²) in [5.74, 6) is -1.23. The minimum Gasteiger partial charge on any atom is -0.340 e. The van der Waals surface area contributed by atoms with Gasteiger partial charge in [0, 0.05) is 47.2 Å². The maximum Gasteiger partial charge on any atom is 0.404 e. The van der Waals surface area contributed by atoms with Crippen LogP contribution >= 0.6 is 42.5 Å². The van der Waals surface area contributed by atoms with E-state index in [1.807, 2.05) is 44.2 Å². The summed E-state index contributed by atoms with van der Waals surface area (Å²) in [6.07, 6.45) is 5.61. The fraction of sp³-hybridized carbons (Fsp3) is 0.545. The molecule has 4 heterocycles. The van der Waals surface area contributed by atoms with Gasteiger partial charge in [0.2, 0.25) is 17.9 Å². The number of fused-ring (bicyclic) bond motifs is 2. The second-order valence-electron chi connectivity index (χ2n) is 15.8. The van der Waals surface area contributed by atoms with Gasteiger partial charge in [-0.15, -0.1) is 11.3 Å². The number of thioether (sulfide) groups is 2. The van der Waals surface area contributed by atoms with Gasteiger partial charge in [-0.2, -0.15) is 8.78 Å². The first kappa shape index (κ1) is 47.8. The third kappa shape index (κ3) is 11.2. The summed E-state index contributed by atoms with van der Waals surface area (Å²) in [5, 5.41) is 2.88. The molecule has 18 heteroatoms. The number of alkyl halides is 2. The molecule has 334 valence electrons. The van der Waals surface area contributed by atoms with Crippen molar-refractivity contribution in [2.45, 2.75) is 114 Å². The summed E-state index contributed by atoms with van der Waals surface area (Å²) in [6.45, 7) is 11.3. The molecule has 3 fully saturated rings. The highest BCUT2D eigenvalue weighted by atomic mass is 32.2. The molecule has 1 N–H and O–H groups in total. The monoisotopic (exact) mass is 930 g/mol. The van der Waals surface area contributed by atoms with Gasteiger partial charge in [-0.3, -0.25) is 28.5 Å². The second-order valence-corrected chi connectivity index (χ2v) is 21.2. The van der Waals surface area contributed by atoms with Crippen LogP contribution in [0.1, 0.15) is 105 Å². The van der Waals surface area contributed by atoms with Crippen molar-refractivity contribution >= 4 is 80.5 Å². The lowest BCUT2D eigenvalue weighted by atomic mass is 9.95. The van der Waals surface area contributed by atoms with Gasteiger partial charge >= 0.3 is 13.3 Å². The van der Waals surface area contributed by atoms with Crippen molar-refractivity contribution in [3.63, 3.8) is 0 Å². The zero-order valence-electron chi connectivity index (χ0n) is 34.9. The number of hydrogen-bond donors (Lipinski definition) is 1. The highest BCUT2D eigenvalue weighted by Crippen LogP contribution is 2.67. The lowest BCUT2D eigenvalue weighted by molar-refractivity contribution is -0.146. The van der Waals surface area contributed by atoms with Crippen LogP contribution < -0.4 is 5.32 Å². The van der Waals surface area contributed by atoms with Crippen LogP contribution in [-0.4, -0.2) is 99.7 Å². The van der Waals surface area contributed by atoms with Crippen LogP contribution in [0.4, 0.5) is 8.78 Å². The molecule has 0 bridgehead atoms. The summed E-state index contributed by atoms with van der Waals surface area (Å²) < 4.78 is 57.7. The summed E-state index contributed by atoms with van der Waals surface area (Å²) in [5.41, 5.74) is -3.80. The van der Waals surface area contributed by atoms with Gasteiger partial charge in [-0.25, -0.2) is 6.57 Å². The Labute approximate surface area is 373 Å². The zero-order valence-corrected chi connectivity index (χ0v) is 38.3. The Hall–Kier alpha value is -3.65. The van der Waals surface area contributed by atoms with Gasteiger partial charge < -0.3 is 29.0 Å². The Bertz CT molecular complexity index is 2160. The van der Waals surface area contributed by atoms with Crippen molar-refractivity contribution in [3.05, 3.63) is 82.0 Å². The predicted molar refractivity (Wildman–Crippen MR) is 240 cm³/mol. The molecule has 2 aromatic carbocycles. The van der Waals surface area contributed by atoms with Crippen LogP contribution in [0.2, 0.25) is 0 Å². The van der Waals surface area contributed by atoms with Crippen LogP contribution in [0.5, 0.6) is 0 Å². The maximum absolute atomic E-state index is 16.3. The molecule has 5 atom stereocenters. The molecule has 12 nitrogen and oxygen atoms in total. The average Bonchev–Trinajstić information content (AvgIpc) is 4.01. The van der Waals surface area contributed by atoms with Gasteiger partial charge in [0.1, 0.15) is 12.1 Å². The Morgan fingerprint density at radius 3 is 2.23 bits per heavy atom. The first-order valence-electron chi connectivity index (χ1n) is 21.3. The van der Waals surface area contributed by atoms with E-state index in [0.29, 0.717) is 62.6 Å². The van der Waals surface area contributed by atoms with Gasteiger partial charge in [0.05, 0.1) is 30.6 Å². The van der Waals surface area contributed by atoms with Crippen molar-refractivity contribution in [2.24, 2.45) is 0 Å². The standard InChI is InChI=1S/C44H53F2N4O8PS3/c1-4-11-39(51)60-23-21-57-59(56,58-22-24-61-40(52)12-5-2)44(45,46)31-17-20-37-30(25-31)26-38(62-37)41(53)48-34-16-10-9-15-32-18-19-36(50(32)42(34)54)43(55)49-27-33(35(28-49)47-3)29-13-7-6-8-14-29/h6-8,13-14,17,20,25-26,32-36H,4-5,9-12,15-16,18-19,21-24,27-28H2,1-2H3,(H,48,53)/t32-,33+,34-,35-,36-/m0/s1. The topological polar surface area (TPSA) is 144 Å². The number of rotatable bonds is 18. The number of hydrogen-bond acceptors (Lipinski definition) is 11. The second kappa shape index (κ2) is 21.8. The van der Waals surface area contributed by atoms with Crippen molar-refractivity contribution in [1.29, 1.82) is 0 Å². The molecule has 6 rings (SSSR count). The molecule has 0 radical (unpaired) electrons. The third-order valence-electron chi connectivity index (χ3n) is 11.5. The Balaban J connectivity index is 1.15.